The highest BCUT2D eigenvalue weighted by atomic mass is 16.7. The van der Waals surface area contributed by atoms with Gasteiger partial charge in [-0.2, -0.15) is 0 Å². The summed E-state index contributed by atoms with van der Waals surface area (Å²) < 4.78 is 4.95. The van der Waals surface area contributed by atoms with Crippen LogP contribution >= 0.6 is 0 Å². The zero-order valence-electron chi connectivity index (χ0n) is 10.7. The number of carbonyl (C=O) groups is 1. The second-order valence-electron chi connectivity index (χ2n) is 4.52. The molecule has 0 saturated heterocycles. The molecule has 0 aromatic heterocycles. The molecule has 0 spiro atoms. The average Bonchev–Trinajstić information content (AvgIpc) is 2.12. The summed E-state index contributed by atoms with van der Waals surface area (Å²) in [5.41, 5.74) is -1.39. The van der Waals surface area contributed by atoms with Gasteiger partial charge in [0.15, 0.2) is 0 Å². The topological polar surface area (TPSA) is 74.0 Å². The summed E-state index contributed by atoms with van der Waals surface area (Å²) in [5.74, 6) is -0.631. The maximum Gasteiger partial charge on any atom is 0.382 e. The van der Waals surface area contributed by atoms with Crippen LogP contribution in [0.3, 0.4) is 0 Å². The van der Waals surface area contributed by atoms with Crippen molar-refractivity contribution < 1.29 is 19.2 Å². The number of hydrogen-bond donors (Lipinski definition) is 0. The van der Waals surface area contributed by atoms with Crippen molar-refractivity contribution in [1.82, 2.24) is 0 Å². The van der Waals surface area contributed by atoms with Crippen molar-refractivity contribution in [3.63, 3.8) is 0 Å². The van der Waals surface area contributed by atoms with E-state index in [2.05, 4.69) is 5.28 Å². The monoisotopic (exact) mass is 232 g/mol. The van der Waals surface area contributed by atoms with Crippen LogP contribution in [0.4, 0.5) is 0 Å². The number of carbonyl (C=O) groups excluding carboxylic acids is 1. The van der Waals surface area contributed by atoms with E-state index in [9.17, 15) is 10.0 Å². The molecule has 0 saturated carbocycles. The molecule has 0 bridgehead atoms. The van der Waals surface area contributed by atoms with E-state index in [1.54, 1.807) is 27.7 Å². The van der Waals surface area contributed by atoms with Crippen LogP contribution in [0.2, 0.25) is 0 Å². The number of hydrogen-bond acceptors (Lipinski definition) is 5. The first-order chi connectivity index (χ1) is 7.17. The molecular formula is C10H20N2O4. The van der Waals surface area contributed by atoms with Crippen LogP contribution in [0, 0.1) is 5.21 Å². The van der Waals surface area contributed by atoms with Crippen LogP contribution in [0.1, 0.15) is 41.5 Å². The Morgan fingerprint density at radius 1 is 1.25 bits per heavy atom. The second-order valence-corrected chi connectivity index (χ2v) is 4.52. The molecule has 94 valence electrons. The minimum Gasteiger partial charge on any atom is -0.596 e. The molecule has 0 aromatic rings. The zero-order chi connectivity index (χ0) is 12.9. The van der Waals surface area contributed by atoms with E-state index in [1.165, 1.54) is 13.8 Å². The van der Waals surface area contributed by atoms with Crippen molar-refractivity contribution in [2.45, 2.75) is 59.3 Å². The van der Waals surface area contributed by atoms with Gasteiger partial charge < -0.3 is 14.8 Å². The minimum atomic E-state index is -1.39. The van der Waals surface area contributed by atoms with Crippen molar-refractivity contribution in [2.75, 3.05) is 0 Å². The van der Waals surface area contributed by atoms with Crippen LogP contribution in [0.5, 0.6) is 0 Å². The van der Waals surface area contributed by atoms with Crippen LogP contribution in [0.25, 0.3) is 0 Å². The molecule has 0 aliphatic carbocycles. The first-order valence-corrected chi connectivity index (χ1v) is 5.23. The Morgan fingerprint density at radius 3 is 2.12 bits per heavy atom. The van der Waals surface area contributed by atoms with E-state index in [1.807, 2.05) is 0 Å². The molecule has 6 heteroatoms. The van der Waals surface area contributed by atoms with Crippen LogP contribution < -0.4 is 0 Å². The Hall–Kier alpha value is -1.33. The summed E-state index contributed by atoms with van der Waals surface area (Å²) in [5, 5.41) is 14.8. The van der Waals surface area contributed by atoms with Crippen LogP contribution in [-0.4, -0.2) is 28.6 Å². The summed E-state index contributed by atoms with van der Waals surface area (Å²) in [4.78, 5) is 16.6. The molecule has 0 fully saturated rings. The third-order valence-corrected chi connectivity index (χ3v) is 1.65. The predicted molar refractivity (Wildman–Crippen MR) is 57.6 cm³/mol. The van der Waals surface area contributed by atoms with E-state index in [0.29, 0.717) is 0 Å². The number of rotatable bonds is 5. The summed E-state index contributed by atoms with van der Waals surface area (Å²) in [7, 11) is 0. The van der Waals surface area contributed by atoms with Gasteiger partial charge in [0, 0.05) is 13.8 Å². The minimum absolute atomic E-state index is 0.214. The summed E-state index contributed by atoms with van der Waals surface area (Å²) in [6, 6.07) is 0. The SMILES string of the molecule is CC(C)O/N=[N+](\[O-])C(C)(C)C(=O)OC(C)C. The second kappa shape index (κ2) is 5.67. The standard InChI is InChI=1S/C10H20N2O4/c1-7(2)15-9(13)10(5,6)12(14)11-16-8(3)4/h7-8H,1-6H3/b12-11-. The lowest BCUT2D eigenvalue weighted by atomic mass is 10.1. The van der Waals surface area contributed by atoms with Gasteiger partial charge in [0.25, 0.3) is 5.54 Å². The van der Waals surface area contributed by atoms with Gasteiger partial charge in [-0.25, -0.2) is 4.79 Å². The third kappa shape index (κ3) is 4.46. The lowest BCUT2D eigenvalue weighted by Crippen LogP contribution is -2.43. The highest BCUT2D eigenvalue weighted by molar-refractivity contribution is 5.78. The normalized spacial score (nSPS) is 13.1. The number of ether oxygens (including phenoxy) is 1. The molecule has 6 nitrogen and oxygen atoms in total. The quantitative estimate of drug-likeness (QED) is 0.314. The number of hydroxylamine groups is 1. The van der Waals surface area contributed by atoms with E-state index < -0.39 is 11.5 Å². The van der Waals surface area contributed by atoms with Gasteiger partial charge in [-0.3, -0.25) is 0 Å². The Kier molecular flexibility index (Phi) is 5.20. The molecule has 0 unspecified atom stereocenters. The molecule has 0 aliphatic heterocycles. The lowest BCUT2D eigenvalue weighted by Gasteiger charge is -2.19. The Labute approximate surface area is 95.8 Å². The maximum atomic E-state index is 11.6. The Bertz CT molecular complexity index is 272. The highest BCUT2D eigenvalue weighted by Gasteiger charge is 2.41. The van der Waals surface area contributed by atoms with Gasteiger partial charge in [0.1, 0.15) is 6.10 Å². The molecular weight excluding hydrogens is 212 g/mol. The largest absolute Gasteiger partial charge is 0.596 e. The van der Waals surface area contributed by atoms with Crippen molar-refractivity contribution in [3.8, 4) is 0 Å². The smallest absolute Gasteiger partial charge is 0.382 e. The molecule has 0 radical (unpaired) electrons. The average molecular weight is 232 g/mol. The first-order valence-electron chi connectivity index (χ1n) is 5.23. The maximum absolute atomic E-state index is 11.6. The van der Waals surface area contributed by atoms with E-state index >= 15 is 0 Å². The van der Waals surface area contributed by atoms with Gasteiger partial charge in [-0.15, -0.1) is 0 Å². The fraction of sp³-hybridized carbons (Fsp3) is 0.900. The molecule has 0 rings (SSSR count). The van der Waals surface area contributed by atoms with Crippen molar-refractivity contribution in [2.24, 2.45) is 5.28 Å². The Balaban J connectivity index is 4.63. The van der Waals surface area contributed by atoms with Gasteiger partial charge >= 0.3 is 5.97 Å². The fourth-order valence-electron chi connectivity index (χ4n) is 0.676. The molecule has 16 heavy (non-hydrogen) atoms. The first kappa shape index (κ1) is 14.7. The van der Waals surface area contributed by atoms with Crippen molar-refractivity contribution >= 4 is 5.97 Å². The number of nitrogens with zero attached hydrogens (tertiary/aromatic N) is 2. The molecule has 0 aliphatic rings. The molecule has 0 atom stereocenters. The molecule has 0 amide bonds. The van der Waals surface area contributed by atoms with E-state index in [0.717, 1.165) is 0 Å². The number of esters is 1. The predicted octanol–water partition coefficient (Wildman–Crippen LogP) is 2.02. The van der Waals surface area contributed by atoms with Crippen LogP contribution in [-0.2, 0) is 14.4 Å². The van der Waals surface area contributed by atoms with Crippen molar-refractivity contribution in [3.05, 3.63) is 5.21 Å². The Morgan fingerprint density at radius 2 is 1.75 bits per heavy atom. The van der Waals surface area contributed by atoms with Crippen LogP contribution in [0.15, 0.2) is 5.28 Å². The summed E-state index contributed by atoms with van der Waals surface area (Å²) >= 11 is 0. The van der Waals surface area contributed by atoms with Crippen molar-refractivity contribution in [1.29, 1.82) is 0 Å². The van der Waals surface area contributed by atoms with Gasteiger partial charge in [-0.1, -0.05) is 0 Å². The fourth-order valence-corrected chi connectivity index (χ4v) is 0.676. The molecule has 0 heterocycles. The molecule has 0 aromatic carbocycles. The third-order valence-electron chi connectivity index (χ3n) is 1.65. The summed E-state index contributed by atoms with van der Waals surface area (Å²) in [6.07, 6.45) is -0.487. The lowest BCUT2D eigenvalue weighted by molar-refractivity contribution is -0.615. The highest BCUT2D eigenvalue weighted by Crippen LogP contribution is 2.13. The van der Waals surface area contributed by atoms with E-state index in [4.69, 9.17) is 9.57 Å². The summed E-state index contributed by atoms with van der Waals surface area (Å²) in [6.45, 7) is 9.75. The van der Waals surface area contributed by atoms with Gasteiger partial charge in [0.2, 0.25) is 5.28 Å². The zero-order valence-corrected chi connectivity index (χ0v) is 10.7. The molecule has 0 N–H and O–H groups in total. The van der Waals surface area contributed by atoms with Gasteiger partial charge in [-0.05, 0) is 32.6 Å². The van der Waals surface area contributed by atoms with Gasteiger partial charge in [0.05, 0.1) is 6.10 Å². The van der Waals surface area contributed by atoms with E-state index in [-0.39, 0.29) is 17.1 Å².